The molecule has 0 radical (unpaired) electrons. The molecular weight excluding hydrogens is 508 g/mol. The second kappa shape index (κ2) is 9.34. The molecule has 1 aromatic carbocycles. The van der Waals surface area contributed by atoms with Crippen molar-refractivity contribution in [2.75, 3.05) is 38.7 Å². The summed E-state index contributed by atoms with van der Waals surface area (Å²) >= 11 is 0. The molecule has 0 aliphatic carbocycles. The maximum absolute atomic E-state index is 15.0. The summed E-state index contributed by atoms with van der Waals surface area (Å²) in [5.41, 5.74) is 2.40. The van der Waals surface area contributed by atoms with Gasteiger partial charge in [0.15, 0.2) is 0 Å². The summed E-state index contributed by atoms with van der Waals surface area (Å²) in [6.45, 7) is 3.39. The van der Waals surface area contributed by atoms with Gasteiger partial charge in [0.2, 0.25) is 11.8 Å². The third kappa shape index (κ3) is 4.30. The maximum Gasteiger partial charge on any atom is 0.410 e. The van der Waals surface area contributed by atoms with Crippen molar-refractivity contribution in [3.8, 4) is 17.0 Å². The summed E-state index contributed by atoms with van der Waals surface area (Å²) in [4.78, 5) is 6.59. The van der Waals surface area contributed by atoms with E-state index in [4.69, 9.17) is 9.47 Å². The zero-order valence-corrected chi connectivity index (χ0v) is 20.7. The van der Waals surface area contributed by atoms with Crippen molar-refractivity contribution in [2.24, 2.45) is 0 Å². The monoisotopic (exact) mass is 534 g/mol. The number of benzene rings is 1. The number of anilines is 1. The van der Waals surface area contributed by atoms with Gasteiger partial charge in [-0.25, -0.2) is 13.6 Å². The van der Waals surface area contributed by atoms with Crippen molar-refractivity contribution >= 4 is 22.5 Å². The molecule has 4 aromatic rings. The van der Waals surface area contributed by atoms with E-state index in [-0.39, 0.29) is 23.4 Å². The van der Waals surface area contributed by atoms with Gasteiger partial charge in [0, 0.05) is 24.8 Å². The van der Waals surface area contributed by atoms with Crippen LogP contribution in [0.15, 0.2) is 30.5 Å². The number of aromatic nitrogens is 6. The van der Waals surface area contributed by atoms with Crippen molar-refractivity contribution in [1.82, 2.24) is 34.5 Å². The molecule has 10 nitrogen and oxygen atoms in total. The van der Waals surface area contributed by atoms with E-state index in [0.29, 0.717) is 48.3 Å². The molecule has 14 heteroatoms. The maximum atomic E-state index is 15.0. The molecule has 0 amide bonds. The van der Waals surface area contributed by atoms with Crippen LogP contribution in [0, 0.1) is 0 Å². The number of rotatable bonds is 6. The summed E-state index contributed by atoms with van der Waals surface area (Å²) < 4.78 is 68.3. The summed E-state index contributed by atoms with van der Waals surface area (Å²) in [5.74, 6) is 0.471. The quantitative estimate of drug-likeness (QED) is 0.376. The van der Waals surface area contributed by atoms with Crippen LogP contribution in [-0.4, -0.2) is 92.3 Å². The minimum absolute atomic E-state index is 0.223. The number of hydrogen-bond donors (Lipinski definition) is 1. The van der Waals surface area contributed by atoms with Crippen molar-refractivity contribution in [3.63, 3.8) is 0 Å². The Hall–Kier alpha value is -3.52. The lowest BCUT2D eigenvalue weighted by Crippen LogP contribution is -2.57. The first-order valence-electron chi connectivity index (χ1n) is 12.3. The van der Waals surface area contributed by atoms with Crippen LogP contribution in [0.25, 0.3) is 27.7 Å². The average Bonchev–Trinajstić information content (AvgIpc) is 3.47. The molecule has 3 atom stereocenters. The number of alkyl halides is 4. The topological polar surface area (TPSA) is 94.6 Å². The molecule has 2 aliphatic heterocycles. The third-order valence-electron chi connectivity index (χ3n) is 7.32. The lowest BCUT2D eigenvalue weighted by molar-refractivity contribution is -0.164. The number of likely N-dealkylation sites (tertiary alicyclic amines) is 1. The van der Waals surface area contributed by atoms with Gasteiger partial charge in [-0.1, -0.05) is 11.3 Å². The van der Waals surface area contributed by atoms with Gasteiger partial charge in [0.25, 0.3) is 0 Å². The van der Waals surface area contributed by atoms with E-state index in [2.05, 4.69) is 30.6 Å². The smallest absolute Gasteiger partial charge is 0.410 e. The standard InChI is InChI=1S/C24H26F4N8O2/c1-13(24(26,27)28)36-20-9-14(3-4-19(20)31-33-36)16-5-8-35-21(16)22(37-2)30-23(32-35)29-18-6-7-34(10-17(18)25)15-11-38-12-15/h3-5,8-9,13,15,17-18H,6-7,10-12H2,1-2H3,(H,29,32)/t13-,17+,18+/m1/s1. The van der Waals surface area contributed by atoms with E-state index in [1.54, 1.807) is 35.0 Å². The van der Waals surface area contributed by atoms with Crippen LogP contribution in [0.5, 0.6) is 5.88 Å². The van der Waals surface area contributed by atoms with Gasteiger partial charge in [-0.05, 0) is 37.1 Å². The zero-order valence-electron chi connectivity index (χ0n) is 20.7. The van der Waals surface area contributed by atoms with E-state index in [9.17, 15) is 17.6 Å². The zero-order chi connectivity index (χ0) is 26.6. The Morgan fingerprint density at radius 2 is 2.03 bits per heavy atom. The normalized spacial score (nSPS) is 22.1. The van der Waals surface area contributed by atoms with Crippen molar-refractivity contribution in [2.45, 2.75) is 43.8 Å². The van der Waals surface area contributed by atoms with E-state index in [1.807, 2.05) is 0 Å². The summed E-state index contributed by atoms with van der Waals surface area (Å²) in [6.07, 6.45) is -3.28. The van der Waals surface area contributed by atoms with Crippen molar-refractivity contribution in [1.29, 1.82) is 0 Å². The van der Waals surface area contributed by atoms with E-state index in [1.165, 1.54) is 7.11 Å². The van der Waals surface area contributed by atoms with E-state index >= 15 is 0 Å². The second-order valence-corrected chi connectivity index (χ2v) is 9.66. The van der Waals surface area contributed by atoms with Gasteiger partial charge in [0.1, 0.15) is 23.2 Å². The average molecular weight is 535 g/mol. The van der Waals surface area contributed by atoms with Crippen LogP contribution in [0.2, 0.25) is 0 Å². The van der Waals surface area contributed by atoms with Gasteiger partial charge in [-0.2, -0.15) is 18.2 Å². The minimum Gasteiger partial charge on any atom is -0.479 e. The van der Waals surface area contributed by atoms with Crippen LogP contribution >= 0.6 is 0 Å². The molecule has 2 aliphatic rings. The molecule has 0 bridgehead atoms. The van der Waals surface area contributed by atoms with Gasteiger partial charge >= 0.3 is 6.18 Å². The summed E-state index contributed by atoms with van der Waals surface area (Å²) in [5, 5.41) is 15.2. The lowest BCUT2D eigenvalue weighted by Gasteiger charge is -2.42. The Morgan fingerprint density at radius 3 is 2.71 bits per heavy atom. The Bertz CT molecular complexity index is 1470. The fraction of sp³-hybridized carbons (Fsp3) is 0.500. The molecule has 2 saturated heterocycles. The van der Waals surface area contributed by atoms with Gasteiger partial charge < -0.3 is 14.8 Å². The molecule has 0 spiro atoms. The molecule has 1 N–H and O–H groups in total. The molecule has 6 rings (SSSR count). The van der Waals surface area contributed by atoms with Gasteiger partial charge in [-0.3, -0.25) is 4.90 Å². The Morgan fingerprint density at radius 1 is 1.21 bits per heavy atom. The molecule has 3 aromatic heterocycles. The van der Waals surface area contributed by atoms with Crippen LogP contribution in [0.3, 0.4) is 0 Å². The summed E-state index contributed by atoms with van der Waals surface area (Å²) in [6, 6.07) is 4.74. The predicted octanol–water partition coefficient (Wildman–Crippen LogP) is 3.50. The molecule has 0 unspecified atom stereocenters. The highest BCUT2D eigenvalue weighted by Gasteiger charge is 2.39. The molecular formula is C24H26F4N8O2. The highest BCUT2D eigenvalue weighted by atomic mass is 19.4. The van der Waals surface area contributed by atoms with Gasteiger partial charge in [-0.15, -0.1) is 10.2 Å². The third-order valence-corrected chi connectivity index (χ3v) is 7.32. The Balaban J connectivity index is 1.30. The minimum atomic E-state index is -4.47. The largest absolute Gasteiger partial charge is 0.479 e. The lowest BCUT2D eigenvalue weighted by atomic mass is 10.0. The van der Waals surface area contributed by atoms with Gasteiger partial charge in [0.05, 0.1) is 37.9 Å². The van der Waals surface area contributed by atoms with Crippen molar-refractivity contribution < 1.29 is 27.0 Å². The first-order chi connectivity index (χ1) is 18.2. The molecule has 2 fully saturated rings. The number of hydrogen-bond acceptors (Lipinski definition) is 8. The first-order valence-corrected chi connectivity index (χ1v) is 12.3. The second-order valence-electron chi connectivity index (χ2n) is 9.66. The number of nitrogens with zero attached hydrogens (tertiary/aromatic N) is 7. The number of nitrogens with one attached hydrogen (secondary N) is 1. The fourth-order valence-electron chi connectivity index (χ4n) is 4.98. The number of fused-ring (bicyclic) bond motifs is 2. The Labute approximate surface area is 214 Å². The van der Waals surface area contributed by atoms with Crippen LogP contribution in [-0.2, 0) is 4.74 Å². The van der Waals surface area contributed by atoms with Crippen LogP contribution in [0.1, 0.15) is 19.4 Å². The SMILES string of the molecule is COc1nc(N[C@H]2CCN(C3COC3)C[C@@H]2F)nn2ccc(-c3ccc4nnn([C@H](C)C(F)(F)F)c4c3)c12. The number of ether oxygens (including phenoxy) is 2. The molecule has 202 valence electrons. The number of piperidine rings is 1. The highest BCUT2D eigenvalue weighted by Crippen LogP contribution is 2.35. The fourth-order valence-corrected chi connectivity index (χ4v) is 4.98. The van der Waals surface area contributed by atoms with Crippen LogP contribution in [0.4, 0.5) is 23.5 Å². The number of methoxy groups -OCH3 is 1. The molecule has 38 heavy (non-hydrogen) atoms. The highest BCUT2D eigenvalue weighted by molar-refractivity contribution is 5.89. The van der Waals surface area contributed by atoms with Crippen molar-refractivity contribution in [3.05, 3.63) is 30.5 Å². The Kier molecular flexibility index (Phi) is 6.10. The summed E-state index contributed by atoms with van der Waals surface area (Å²) in [7, 11) is 1.47. The number of halogens is 4. The first kappa shape index (κ1) is 24.8. The van der Waals surface area contributed by atoms with E-state index < -0.39 is 24.4 Å². The predicted molar refractivity (Wildman–Crippen MR) is 130 cm³/mol. The van der Waals surface area contributed by atoms with Crippen LogP contribution < -0.4 is 10.1 Å². The molecule has 5 heterocycles. The van der Waals surface area contributed by atoms with E-state index in [0.717, 1.165) is 18.2 Å². The molecule has 0 saturated carbocycles.